The van der Waals surface area contributed by atoms with Crippen LogP contribution in [0, 0.1) is 0 Å². The topological polar surface area (TPSA) is 77.0 Å². The van der Waals surface area contributed by atoms with Gasteiger partial charge in [0.2, 0.25) is 18.5 Å². The van der Waals surface area contributed by atoms with Crippen molar-refractivity contribution in [2.75, 3.05) is 12.5 Å². The van der Waals surface area contributed by atoms with Gasteiger partial charge in [-0.1, -0.05) is 11.3 Å². The molecule has 0 spiro atoms. The van der Waals surface area contributed by atoms with Gasteiger partial charge in [-0.3, -0.25) is 4.21 Å². The third kappa shape index (κ3) is 2.08. The van der Waals surface area contributed by atoms with Crippen LogP contribution in [0.5, 0.6) is 0 Å². The Morgan fingerprint density at radius 2 is 2.00 bits per heavy atom. The van der Waals surface area contributed by atoms with Gasteiger partial charge >= 0.3 is 0 Å². The van der Waals surface area contributed by atoms with E-state index < -0.39 is 20.6 Å². The van der Waals surface area contributed by atoms with Crippen LogP contribution in [0.2, 0.25) is 0 Å². The molecule has 0 fully saturated rings. The Hall–Kier alpha value is -0.340. The summed E-state index contributed by atoms with van der Waals surface area (Å²) in [4.78, 5) is 0. The fourth-order valence-electron chi connectivity index (χ4n) is 0.463. The molecule has 1 aromatic heterocycles. The van der Waals surface area contributed by atoms with Gasteiger partial charge in [0, 0.05) is 12.5 Å². The first-order chi connectivity index (χ1) is 5.41. The summed E-state index contributed by atoms with van der Waals surface area (Å²) >= 11 is 0.838. The quantitative estimate of drug-likeness (QED) is 0.690. The van der Waals surface area contributed by atoms with Gasteiger partial charge in [0.05, 0.1) is 10.8 Å². The third-order valence-corrected chi connectivity index (χ3v) is 4.87. The van der Waals surface area contributed by atoms with Crippen LogP contribution < -0.4 is 0 Å². The molecule has 0 aliphatic heterocycles. The maximum atomic E-state index is 10.9. The number of hydrogen-bond donors (Lipinski definition) is 0. The molecule has 1 atom stereocenters. The third-order valence-electron chi connectivity index (χ3n) is 0.951. The Balaban J connectivity index is 3.17. The zero-order chi connectivity index (χ0) is 9.35. The first-order valence-corrected chi connectivity index (χ1v) is 7.05. The zero-order valence-corrected chi connectivity index (χ0v) is 8.79. The Morgan fingerprint density at radius 3 is 2.25 bits per heavy atom. The molecule has 0 aliphatic carbocycles. The Bertz CT molecular complexity index is 407. The molecule has 0 saturated carbocycles. The van der Waals surface area contributed by atoms with Crippen molar-refractivity contribution in [1.29, 1.82) is 0 Å². The Labute approximate surface area is 76.2 Å². The van der Waals surface area contributed by atoms with Crippen LogP contribution >= 0.6 is 11.3 Å². The van der Waals surface area contributed by atoms with Crippen molar-refractivity contribution in [1.82, 2.24) is 10.2 Å². The average molecular weight is 226 g/mol. The zero-order valence-electron chi connectivity index (χ0n) is 6.34. The highest BCUT2D eigenvalue weighted by Gasteiger charge is 2.15. The monoisotopic (exact) mass is 226 g/mol. The standard InChI is InChI=1S/C4H6N2O3S3/c1-11(7)3-5-6-4(10-3)12(2,8)9/h1-2H3. The average Bonchev–Trinajstić information content (AvgIpc) is 2.30. The van der Waals surface area contributed by atoms with Crippen molar-refractivity contribution in [2.24, 2.45) is 0 Å². The lowest BCUT2D eigenvalue weighted by Crippen LogP contribution is -1.95. The van der Waals surface area contributed by atoms with E-state index in [1.807, 2.05) is 0 Å². The van der Waals surface area contributed by atoms with Gasteiger partial charge < -0.3 is 0 Å². The van der Waals surface area contributed by atoms with Crippen LogP contribution in [-0.2, 0) is 20.6 Å². The summed E-state index contributed by atoms with van der Waals surface area (Å²) in [6.45, 7) is 0. The summed E-state index contributed by atoms with van der Waals surface area (Å²) in [6.07, 6.45) is 2.46. The normalized spacial score (nSPS) is 14.5. The summed E-state index contributed by atoms with van der Waals surface area (Å²) in [6, 6.07) is 0. The van der Waals surface area contributed by atoms with E-state index in [0.29, 0.717) is 0 Å². The molecule has 1 heterocycles. The highest BCUT2D eigenvalue weighted by molar-refractivity contribution is 7.93. The van der Waals surface area contributed by atoms with E-state index in [-0.39, 0.29) is 8.68 Å². The smallest absolute Gasteiger partial charge is 0.233 e. The SMILES string of the molecule is CS(=O)c1nnc(S(C)(=O)=O)s1. The molecule has 1 rings (SSSR count). The lowest BCUT2D eigenvalue weighted by atomic mass is 11.5. The van der Waals surface area contributed by atoms with Gasteiger partial charge in [-0.2, -0.15) is 0 Å². The predicted molar refractivity (Wildman–Crippen MR) is 45.4 cm³/mol. The number of nitrogens with zero attached hydrogens (tertiary/aromatic N) is 2. The molecular formula is C4H6N2O3S3. The van der Waals surface area contributed by atoms with Crippen LogP contribution in [0.1, 0.15) is 0 Å². The van der Waals surface area contributed by atoms with Crippen LogP contribution in [0.25, 0.3) is 0 Å². The highest BCUT2D eigenvalue weighted by atomic mass is 32.2. The number of hydrogen-bond acceptors (Lipinski definition) is 6. The second-order valence-electron chi connectivity index (χ2n) is 2.06. The number of aromatic nitrogens is 2. The molecule has 1 unspecified atom stereocenters. The van der Waals surface area contributed by atoms with E-state index in [4.69, 9.17) is 0 Å². The van der Waals surface area contributed by atoms with Crippen molar-refractivity contribution in [3.63, 3.8) is 0 Å². The fraction of sp³-hybridized carbons (Fsp3) is 0.500. The maximum Gasteiger partial charge on any atom is 0.233 e. The molecule has 0 N–H and O–H groups in total. The molecule has 0 bridgehead atoms. The maximum absolute atomic E-state index is 10.9. The van der Waals surface area contributed by atoms with Gasteiger partial charge in [-0.05, 0) is 0 Å². The van der Waals surface area contributed by atoms with Crippen molar-refractivity contribution in [3.8, 4) is 0 Å². The van der Waals surface area contributed by atoms with Gasteiger partial charge in [0.25, 0.3) is 0 Å². The van der Waals surface area contributed by atoms with Crippen molar-refractivity contribution < 1.29 is 12.6 Å². The largest absolute Gasteiger partial charge is 0.252 e. The first kappa shape index (κ1) is 9.75. The van der Waals surface area contributed by atoms with Gasteiger partial charge in [-0.15, -0.1) is 10.2 Å². The van der Waals surface area contributed by atoms with Crippen LogP contribution in [0.4, 0.5) is 0 Å². The second kappa shape index (κ2) is 3.19. The number of rotatable bonds is 2. The van der Waals surface area contributed by atoms with E-state index in [0.717, 1.165) is 17.6 Å². The molecule has 12 heavy (non-hydrogen) atoms. The van der Waals surface area contributed by atoms with Crippen molar-refractivity contribution in [2.45, 2.75) is 8.68 Å². The molecule has 0 radical (unpaired) electrons. The van der Waals surface area contributed by atoms with Gasteiger partial charge in [0.15, 0.2) is 0 Å². The summed E-state index contributed by atoms with van der Waals surface area (Å²) in [7, 11) is -4.57. The molecule has 0 aliphatic rings. The van der Waals surface area contributed by atoms with E-state index in [2.05, 4.69) is 10.2 Å². The van der Waals surface area contributed by atoms with E-state index in [9.17, 15) is 12.6 Å². The molecule has 8 heteroatoms. The summed E-state index contributed by atoms with van der Waals surface area (Å²) < 4.78 is 32.7. The Kier molecular flexibility index (Phi) is 2.59. The molecular weight excluding hydrogens is 220 g/mol. The Morgan fingerprint density at radius 1 is 1.42 bits per heavy atom. The van der Waals surface area contributed by atoms with Gasteiger partial charge in [0.1, 0.15) is 0 Å². The molecule has 0 amide bonds. The lowest BCUT2D eigenvalue weighted by molar-refractivity contribution is 0.599. The summed E-state index contributed by atoms with van der Waals surface area (Å²) in [5.41, 5.74) is 0. The van der Waals surface area contributed by atoms with Crippen LogP contribution in [-0.4, -0.2) is 35.3 Å². The molecule has 5 nitrogen and oxygen atoms in total. The molecule has 0 saturated heterocycles. The van der Waals surface area contributed by atoms with Crippen molar-refractivity contribution >= 4 is 32.0 Å². The fourth-order valence-corrected chi connectivity index (χ4v) is 2.83. The molecule has 0 aromatic carbocycles. The lowest BCUT2D eigenvalue weighted by Gasteiger charge is -1.84. The van der Waals surface area contributed by atoms with Crippen LogP contribution in [0.15, 0.2) is 8.68 Å². The molecule has 1 aromatic rings. The highest BCUT2D eigenvalue weighted by Crippen LogP contribution is 2.16. The number of sulfone groups is 1. The minimum absolute atomic E-state index is 0.0901. The summed E-state index contributed by atoms with van der Waals surface area (Å²) in [5, 5.41) is 6.87. The minimum atomic E-state index is -3.31. The predicted octanol–water partition coefficient (Wildman–Crippen LogP) is -0.321. The molecule has 68 valence electrons. The van der Waals surface area contributed by atoms with Gasteiger partial charge in [-0.25, -0.2) is 8.42 Å². The minimum Gasteiger partial charge on any atom is -0.252 e. The summed E-state index contributed by atoms with van der Waals surface area (Å²) in [5.74, 6) is 0. The van der Waals surface area contributed by atoms with Crippen LogP contribution in [0.3, 0.4) is 0 Å². The van der Waals surface area contributed by atoms with E-state index >= 15 is 0 Å². The first-order valence-electron chi connectivity index (χ1n) is 2.78. The van der Waals surface area contributed by atoms with E-state index in [1.165, 1.54) is 6.26 Å². The second-order valence-corrected chi connectivity index (χ2v) is 6.78. The van der Waals surface area contributed by atoms with E-state index in [1.54, 1.807) is 0 Å². The van der Waals surface area contributed by atoms with Crippen molar-refractivity contribution in [3.05, 3.63) is 0 Å².